The van der Waals surface area contributed by atoms with Gasteiger partial charge in [0, 0.05) is 44.1 Å². The number of benzene rings is 1. The summed E-state index contributed by atoms with van der Waals surface area (Å²) in [5, 5.41) is 38.0. The van der Waals surface area contributed by atoms with Crippen molar-refractivity contribution in [1.82, 2.24) is 4.90 Å². The predicted molar refractivity (Wildman–Crippen MR) is 254 cm³/mol. The van der Waals surface area contributed by atoms with E-state index in [2.05, 4.69) is 17.0 Å². The lowest BCUT2D eigenvalue weighted by Crippen LogP contribution is -2.63. The van der Waals surface area contributed by atoms with Gasteiger partial charge in [0.25, 0.3) is 0 Å². The normalized spacial score (nSPS) is 38.9. The fourth-order valence-corrected chi connectivity index (χ4v) is 9.90. The molecule has 3 heterocycles. The van der Waals surface area contributed by atoms with Crippen LogP contribution in [0.3, 0.4) is 0 Å². The Labute approximate surface area is 403 Å². The molecule has 0 radical (unpaired) electrons. The molecule has 0 amide bonds. The van der Waals surface area contributed by atoms with Gasteiger partial charge in [-0.2, -0.15) is 0 Å². The van der Waals surface area contributed by atoms with E-state index in [1.807, 2.05) is 71.0 Å². The zero-order chi connectivity index (χ0) is 49.5. The van der Waals surface area contributed by atoms with Gasteiger partial charge in [0.05, 0.1) is 68.9 Å². The minimum atomic E-state index is -1.25. The maximum absolute atomic E-state index is 14.5. The number of aliphatic hydroxyl groups excluding tert-OH is 3. The summed E-state index contributed by atoms with van der Waals surface area (Å²) in [5.41, 5.74) is 2.07. The van der Waals surface area contributed by atoms with Gasteiger partial charge >= 0.3 is 5.97 Å². The van der Waals surface area contributed by atoms with E-state index in [9.17, 15) is 24.9 Å². The molecule has 3 aliphatic heterocycles. The maximum Gasteiger partial charge on any atom is 0.308 e. The number of allylic oxidation sites excluding steroid dienone is 3. The summed E-state index contributed by atoms with van der Waals surface area (Å²) in [4.78, 5) is 35.9. The maximum atomic E-state index is 14.5. The van der Waals surface area contributed by atoms with E-state index in [-0.39, 0.29) is 57.1 Å². The number of ketones is 1. The third-order valence-electron chi connectivity index (χ3n) is 13.9. The molecule has 0 aromatic heterocycles. The standard InChI is InChI=1S/C52H78N2O14/c1-11-41-38(28-63-43-26-33(4)46(57)51(61-10)50(43)60-9)24-31(2)19-20-40(55)32(3)25-37-21-23-62-29-39(53-65-22-15-18-36-16-13-12-14-17-36)30-64-42(27-44(56)67-41)34(5)49(37)68-52-48(59)45(54(7)8)47(58)35(6)66-52/h12-14,16-17,19-20,24,32-35,37-38,41-43,45-52,57-59H,11,21-23,25-30H2,1-10H3/b20-19+,31-24+,53-39+/t32-,33+,34+,35-,37?,38-,41-,42-,43-,45+,46-,47-,48-,49-,50+,51-,52+/m1/s1. The van der Waals surface area contributed by atoms with E-state index >= 15 is 0 Å². The SMILES string of the molecule is CC[C@H]1OC(=O)C[C@H]2OC/C(=N/OCC#Cc3ccccc3)COCCC(C[C@@H](C)C(=O)/C=C/C(C)=C/[C@@H]1CO[C@@H]1C[C@H](C)[C@@H](O)[C@@H](OC)[C@H]1OC)[C@H](O[C@@H]1O[C@H](C)[C@@H](O)[C@H](N(C)C)[C@H]1O)[C@H]2C. The molecule has 4 aliphatic rings. The number of ether oxygens (including phenoxy) is 8. The van der Waals surface area contributed by atoms with Crippen molar-refractivity contribution in [2.45, 2.75) is 147 Å². The van der Waals surface area contributed by atoms with Crippen molar-refractivity contribution in [2.24, 2.45) is 34.7 Å². The Balaban J connectivity index is 1.50. The number of aliphatic hydroxyl groups is 3. The number of cyclic esters (lactones) is 1. The van der Waals surface area contributed by atoms with Crippen LogP contribution in [0.25, 0.3) is 0 Å². The van der Waals surface area contributed by atoms with E-state index in [0.29, 0.717) is 31.4 Å². The molecule has 3 N–H and O–H groups in total. The number of methoxy groups -OCH3 is 2. The summed E-state index contributed by atoms with van der Waals surface area (Å²) in [7, 11) is 6.66. The molecular formula is C52H78N2O14. The molecule has 3 fully saturated rings. The predicted octanol–water partition coefficient (Wildman–Crippen LogP) is 4.51. The number of carbonyl (C=O) groups excluding carboxylic acids is 2. The molecule has 1 aromatic rings. The zero-order valence-electron chi connectivity index (χ0n) is 41.7. The quantitative estimate of drug-likeness (QED) is 0.121. The Kier molecular flexibility index (Phi) is 22.1. The number of oxime groups is 1. The topological polar surface area (TPSA) is 194 Å². The van der Waals surface area contributed by atoms with Gasteiger partial charge in [-0.15, -0.1) is 0 Å². The Morgan fingerprint density at radius 1 is 0.912 bits per heavy atom. The Morgan fingerprint density at radius 3 is 2.34 bits per heavy atom. The highest BCUT2D eigenvalue weighted by Gasteiger charge is 2.48. The fraction of sp³-hybridized carbons (Fsp3) is 0.712. The average Bonchev–Trinajstić information content (AvgIpc) is 3.33. The van der Waals surface area contributed by atoms with Crippen LogP contribution in [-0.2, 0) is 52.3 Å². The van der Waals surface area contributed by atoms with Gasteiger partial charge in [0.1, 0.15) is 30.1 Å². The van der Waals surface area contributed by atoms with Crippen LogP contribution < -0.4 is 0 Å². The molecule has 17 atom stereocenters. The first kappa shape index (κ1) is 55.4. The van der Waals surface area contributed by atoms with Crippen LogP contribution in [0.2, 0.25) is 0 Å². The first-order valence-electron chi connectivity index (χ1n) is 24.3. The third kappa shape index (κ3) is 15.2. The summed E-state index contributed by atoms with van der Waals surface area (Å²) >= 11 is 0. The lowest BCUT2D eigenvalue weighted by Gasteiger charge is -2.47. The molecular weight excluding hydrogens is 877 g/mol. The summed E-state index contributed by atoms with van der Waals surface area (Å²) in [6, 6.07) is 8.84. The van der Waals surface area contributed by atoms with Crippen molar-refractivity contribution < 1.29 is 67.6 Å². The summed E-state index contributed by atoms with van der Waals surface area (Å²) < 4.78 is 50.4. The summed E-state index contributed by atoms with van der Waals surface area (Å²) in [6.45, 7) is 11.8. The number of carbonyl (C=O) groups is 2. The molecule has 1 saturated carbocycles. The number of hydrogen-bond donors (Lipinski definition) is 3. The van der Waals surface area contributed by atoms with E-state index in [4.69, 9.17) is 42.7 Å². The molecule has 1 aliphatic carbocycles. The Bertz CT molecular complexity index is 1880. The third-order valence-corrected chi connectivity index (χ3v) is 13.9. The second kappa shape index (κ2) is 27.1. The van der Waals surface area contributed by atoms with E-state index < -0.39 is 97.1 Å². The second-order valence-electron chi connectivity index (χ2n) is 19.2. The smallest absolute Gasteiger partial charge is 0.308 e. The van der Waals surface area contributed by atoms with Gasteiger partial charge in [0.2, 0.25) is 0 Å². The lowest BCUT2D eigenvalue weighted by molar-refractivity contribution is -0.305. The van der Waals surface area contributed by atoms with Crippen LogP contribution in [0.5, 0.6) is 0 Å². The van der Waals surface area contributed by atoms with Crippen molar-refractivity contribution >= 4 is 17.5 Å². The monoisotopic (exact) mass is 955 g/mol. The molecule has 1 unspecified atom stereocenters. The molecule has 0 spiro atoms. The van der Waals surface area contributed by atoms with E-state index in [1.165, 1.54) is 0 Å². The van der Waals surface area contributed by atoms with Gasteiger partial charge in [-0.25, -0.2) is 0 Å². The van der Waals surface area contributed by atoms with Crippen LogP contribution >= 0.6 is 0 Å². The fourth-order valence-electron chi connectivity index (χ4n) is 9.90. The number of esters is 1. The molecule has 380 valence electrons. The van der Waals surface area contributed by atoms with Crippen molar-refractivity contribution in [3.63, 3.8) is 0 Å². The zero-order valence-corrected chi connectivity index (χ0v) is 41.7. The van der Waals surface area contributed by atoms with Gasteiger partial charge in [-0.05, 0) is 83.7 Å². The highest BCUT2D eigenvalue weighted by molar-refractivity contribution is 5.91. The Morgan fingerprint density at radius 2 is 1.65 bits per heavy atom. The van der Waals surface area contributed by atoms with Gasteiger partial charge in [-0.3, -0.25) is 9.59 Å². The van der Waals surface area contributed by atoms with Crippen LogP contribution in [0, 0.1) is 41.4 Å². The largest absolute Gasteiger partial charge is 0.462 e. The highest BCUT2D eigenvalue weighted by Crippen LogP contribution is 2.36. The number of hydrogen-bond acceptors (Lipinski definition) is 16. The Hall–Kier alpha value is -3.57. The van der Waals surface area contributed by atoms with Gasteiger partial charge in [0.15, 0.2) is 18.7 Å². The molecule has 2 saturated heterocycles. The molecule has 2 bridgehead atoms. The van der Waals surface area contributed by atoms with E-state index in [0.717, 1.165) is 11.1 Å². The van der Waals surface area contributed by atoms with Crippen molar-refractivity contribution in [3.05, 3.63) is 59.7 Å². The first-order chi connectivity index (χ1) is 32.6. The molecule has 5 rings (SSSR count). The van der Waals surface area contributed by atoms with Crippen molar-refractivity contribution in [1.29, 1.82) is 0 Å². The molecule has 1 aromatic carbocycles. The van der Waals surface area contributed by atoms with Crippen LogP contribution in [0.15, 0.2) is 59.3 Å². The van der Waals surface area contributed by atoms with Crippen LogP contribution in [0.1, 0.15) is 79.2 Å². The molecule has 16 nitrogen and oxygen atoms in total. The van der Waals surface area contributed by atoms with Crippen molar-refractivity contribution in [3.8, 4) is 11.8 Å². The van der Waals surface area contributed by atoms with E-state index in [1.54, 1.807) is 52.3 Å². The molecule has 68 heavy (non-hydrogen) atoms. The van der Waals surface area contributed by atoms with Crippen LogP contribution in [-0.4, -0.2) is 172 Å². The minimum absolute atomic E-state index is 0.0195. The number of nitrogens with zero attached hydrogens (tertiary/aromatic N) is 2. The summed E-state index contributed by atoms with van der Waals surface area (Å²) in [5.74, 6) is 3.49. The number of fused-ring (bicyclic) bond motifs is 3. The van der Waals surface area contributed by atoms with Crippen LogP contribution in [0.4, 0.5) is 0 Å². The minimum Gasteiger partial charge on any atom is -0.462 e. The average molecular weight is 955 g/mol. The lowest BCUT2D eigenvalue weighted by atomic mass is 9.79. The number of likely N-dealkylation sites (N-methyl/N-ethyl adjacent to an activating group) is 1. The second-order valence-corrected chi connectivity index (χ2v) is 19.2. The highest BCUT2D eigenvalue weighted by atomic mass is 16.7. The molecule has 16 heteroatoms. The summed E-state index contributed by atoms with van der Waals surface area (Å²) in [6.07, 6.45) is -1.66. The first-order valence-corrected chi connectivity index (χ1v) is 24.3. The number of rotatable bonds is 11. The van der Waals surface area contributed by atoms with Gasteiger partial charge in [-0.1, -0.05) is 80.6 Å². The van der Waals surface area contributed by atoms with Gasteiger partial charge < -0.3 is 63.0 Å². The van der Waals surface area contributed by atoms with Crippen molar-refractivity contribution in [2.75, 3.05) is 61.3 Å².